The summed E-state index contributed by atoms with van der Waals surface area (Å²) < 4.78 is 15.7. The van der Waals surface area contributed by atoms with Crippen molar-refractivity contribution >= 4 is 0 Å². The Hall–Kier alpha value is -1.64. The Labute approximate surface area is 87.4 Å². The van der Waals surface area contributed by atoms with Crippen molar-refractivity contribution in [2.45, 2.75) is 18.9 Å². The Bertz CT molecular complexity index is 490. The van der Waals surface area contributed by atoms with Crippen molar-refractivity contribution in [1.82, 2.24) is 9.55 Å². The van der Waals surface area contributed by atoms with Crippen molar-refractivity contribution in [3.05, 3.63) is 53.9 Å². The average molecular weight is 202 g/mol. The van der Waals surface area contributed by atoms with E-state index in [1.165, 1.54) is 11.8 Å². The molecular formula is C12H11FN2. The van der Waals surface area contributed by atoms with Crippen molar-refractivity contribution in [1.29, 1.82) is 0 Å². The van der Waals surface area contributed by atoms with E-state index < -0.39 is 0 Å². The highest BCUT2D eigenvalue weighted by Gasteiger charge is 2.24. The molecule has 1 aromatic carbocycles. The number of aryl methyl sites for hydroxylation is 1. The van der Waals surface area contributed by atoms with E-state index in [1.807, 2.05) is 18.3 Å². The van der Waals surface area contributed by atoms with E-state index in [1.54, 1.807) is 12.4 Å². The fraction of sp³-hybridized carbons (Fsp3) is 0.250. The van der Waals surface area contributed by atoms with Crippen LogP contribution in [0.1, 0.15) is 23.7 Å². The van der Waals surface area contributed by atoms with Crippen LogP contribution in [-0.4, -0.2) is 9.55 Å². The Balaban J connectivity index is 2.08. The number of benzene rings is 1. The van der Waals surface area contributed by atoms with Crippen LogP contribution in [0.5, 0.6) is 0 Å². The molecule has 15 heavy (non-hydrogen) atoms. The van der Waals surface area contributed by atoms with Crippen molar-refractivity contribution in [3.8, 4) is 0 Å². The molecule has 3 heteroatoms. The van der Waals surface area contributed by atoms with Gasteiger partial charge < -0.3 is 4.57 Å². The summed E-state index contributed by atoms with van der Waals surface area (Å²) in [6.07, 6.45) is 5.61. The Morgan fingerprint density at radius 3 is 3.07 bits per heavy atom. The molecule has 0 fully saturated rings. The number of halogens is 1. The van der Waals surface area contributed by atoms with Gasteiger partial charge in [0.2, 0.25) is 0 Å². The zero-order valence-electron chi connectivity index (χ0n) is 8.23. The van der Waals surface area contributed by atoms with Crippen LogP contribution in [0, 0.1) is 5.82 Å². The molecular weight excluding hydrogens is 191 g/mol. The summed E-state index contributed by atoms with van der Waals surface area (Å²) >= 11 is 0. The predicted octanol–water partition coefficient (Wildman–Crippen LogP) is 2.56. The second-order valence-electron chi connectivity index (χ2n) is 3.87. The normalized spacial score (nSPS) is 19.1. The van der Waals surface area contributed by atoms with Crippen LogP contribution in [0.4, 0.5) is 4.39 Å². The third-order valence-corrected chi connectivity index (χ3v) is 3.02. The molecule has 3 rings (SSSR count). The van der Waals surface area contributed by atoms with Crippen molar-refractivity contribution in [2.24, 2.45) is 0 Å². The van der Waals surface area contributed by atoms with Crippen LogP contribution in [0.2, 0.25) is 0 Å². The van der Waals surface area contributed by atoms with Gasteiger partial charge in [-0.1, -0.05) is 18.2 Å². The molecule has 2 nitrogen and oxygen atoms in total. The van der Waals surface area contributed by atoms with Gasteiger partial charge in [0.1, 0.15) is 5.82 Å². The van der Waals surface area contributed by atoms with E-state index in [-0.39, 0.29) is 11.9 Å². The summed E-state index contributed by atoms with van der Waals surface area (Å²) in [7, 11) is 0. The standard InChI is InChI=1S/C12H11FN2/c13-11-4-2-1-3-10(11)12-6-5-9-7-14-8-15(9)12/h1-4,7-8,12H,5-6H2. The van der Waals surface area contributed by atoms with Crippen molar-refractivity contribution in [2.75, 3.05) is 0 Å². The van der Waals surface area contributed by atoms with Gasteiger partial charge in [-0.3, -0.25) is 0 Å². The van der Waals surface area contributed by atoms with E-state index in [2.05, 4.69) is 9.55 Å². The maximum Gasteiger partial charge on any atom is 0.128 e. The summed E-state index contributed by atoms with van der Waals surface area (Å²) in [6.45, 7) is 0. The Kier molecular flexibility index (Phi) is 1.84. The average Bonchev–Trinajstić information content (AvgIpc) is 2.80. The number of nitrogens with zero attached hydrogens (tertiary/aromatic N) is 2. The van der Waals surface area contributed by atoms with Crippen LogP contribution in [-0.2, 0) is 6.42 Å². The zero-order chi connectivity index (χ0) is 10.3. The highest BCUT2D eigenvalue weighted by atomic mass is 19.1. The van der Waals surface area contributed by atoms with E-state index >= 15 is 0 Å². The van der Waals surface area contributed by atoms with Crippen molar-refractivity contribution < 1.29 is 4.39 Å². The monoisotopic (exact) mass is 202 g/mol. The third kappa shape index (κ3) is 1.27. The van der Waals surface area contributed by atoms with Gasteiger partial charge in [-0.2, -0.15) is 0 Å². The molecule has 1 aliphatic rings. The zero-order valence-corrected chi connectivity index (χ0v) is 8.23. The lowest BCUT2D eigenvalue weighted by molar-refractivity contribution is 0.545. The van der Waals surface area contributed by atoms with E-state index in [0.29, 0.717) is 0 Å². The molecule has 0 bridgehead atoms. The molecule has 1 unspecified atom stereocenters. The van der Waals surface area contributed by atoms with Crippen LogP contribution < -0.4 is 0 Å². The van der Waals surface area contributed by atoms with Gasteiger partial charge in [-0.05, 0) is 18.9 Å². The molecule has 0 saturated heterocycles. The molecule has 0 N–H and O–H groups in total. The van der Waals surface area contributed by atoms with Gasteiger partial charge in [-0.25, -0.2) is 9.37 Å². The number of hydrogen-bond donors (Lipinski definition) is 0. The van der Waals surface area contributed by atoms with Crippen LogP contribution in [0.15, 0.2) is 36.8 Å². The molecule has 0 amide bonds. The highest BCUT2D eigenvalue weighted by Crippen LogP contribution is 2.32. The third-order valence-electron chi connectivity index (χ3n) is 3.02. The molecule has 0 spiro atoms. The molecule has 1 atom stereocenters. The largest absolute Gasteiger partial charge is 0.327 e. The maximum atomic E-state index is 13.6. The minimum atomic E-state index is -0.121. The molecule has 2 heterocycles. The van der Waals surface area contributed by atoms with Gasteiger partial charge in [-0.15, -0.1) is 0 Å². The lowest BCUT2D eigenvalue weighted by Gasteiger charge is -2.13. The fourth-order valence-corrected chi connectivity index (χ4v) is 2.28. The summed E-state index contributed by atoms with van der Waals surface area (Å²) in [4.78, 5) is 4.09. The molecule has 0 radical (unpaired) electrons. The number of aromatic nitrogens is 2. The SMILES string of the molecule is Fc1ccccc1C1CCc2cncn21. The number of hydrogen-bond acceptors (Lipinski definition) is 1. The molecule has 76 valence electrons. The van der Waals surface area contributed by atoms with Gasteiger partial charge in [0.15, 0.2) is 0 Å². The molecule has 1 aliphatic heterocycles. The maximum absolute atomic E-state index is 13.6. The minimum absolute atomic E-state index is 0.121. The van der Waals surface area contributed by atoms with Crippen molar-refractivity contribution in [3.63, 3.8) is 0 Å². The number of rotatable bonds is 1. The smallest absolute Gasteiger partial charge is 0.128 e. The Morgan fingerprint density at radius 2 is 2.20 bits per heavy atom. The van der Waals surface area contributed by atoms with Gasteiger partial charge in [0.25, 0.3) is 0 Å². The number of fused-ring (bicyclic) bond motifs is 1. The van der Waals surface area contributed by atoms with E-state index in [9.17, 15) is 4.39 Å². The Morgan fingerprint density at radius 1 is 1.33 bits per heavy atom. The summed E-state index contributed by atoms with van der Waals surface area (Å²) in [5.41, 5.74) is 1.97. The lowest BCUT2D eigenvalue weighted by atomic mass is 10.0. The highest BCUT2D eigenvalue weighted by molar-refractivity contribution is 5.25. The van der Waals surface area contributed by atoms with Gasteiger partial charge in [0, 0.05) is 17.5 Å². The summed E-state index contributed by atoms with van der Waals surface area (Å²) in [5, 5.41) is 0. The first-order valence-electron chi connectivity index (χ1n) is 5.11. The predicted molar refractivity (Wildman–Crippen MR) is 55.1 cm³/mol. The first-order chi connectivity index (χ1) is 7.36. The molecule has 1 aromatic heterocycles. The van der Waals surface area contributed by atoms with Crippen LogP contribution >= 0.6 is 0 Å². The van der Waals surface area contributed by atoms with E-state index in [4.69, 9.17) is 0 Å². The molecule has 0 aliphatic carbocycles. The summed E-state index contributed by atoms with van der Waals surface area (Å²) in [5.74, 6) is -0.121. The minimum Gasteiger partial charge on any atom is -0.327 e. The van der Waals surface area contributed by atoms with Crippen LogP contribution in [0.25, 0.3) is 0 Å². The topological polar surface area (TPSA) is 17.8 Å². The fourth-order valence-electron chi connectivity index (χ4n) is 2.28. The first-order valence-corrected chi connectivity index (χ1v) is 5.11. The molecule has 0 saturated carbocycles. The molecule has 2 aromatic rings. The second kappa shape index (κ2) is 3.19. The summed E-state index contributed by atoms with van der Waals surface area (Å²) in [6, 6.07) is 7.11. The van der Waals surface area contributed by atoms with Gasteiger partial charge >= 0.3 is 0 Å². The lowest BCUT2D eigenvalue weighted by Crippen LogP contribution is -2.06. The number of imidazole rings is 1. The van der Waals surface area contributed by atoms with E-state index in [0.717, 1.165) is 18.4 Å². The van der Waals surface area contributed by atoms with Gasteiger partial charge in [0.05, 0.1) is 12.4 Å². The second-order valence-corrected chi connectivity index (χ2v) is 3.87. The van der Waals surface area contributed by atoms with Crippen LogP contribution in [0.3, 0.4) is 0 Å². The quantitative estimate of drug-likeness (QED) is 0.695. The first kappa shape index (κ1) is 8.65.